The van der Waals surface area contributed by atoms with Crippen molar-refractivity contribution in [1.29, 1.82) is 0 Å². The van der Waals surface area contributed by atoms with E-state index < -0.39 is 5.97 Å². The van der Waals surface area contributed by atoms with E-state index >= 15 is 0 Å². The lowest BCUT2D eigenvalue weighted by Crippen LogP contribution is -2.05. The quantitative estimate of drug-likeness (QED) is 0.763. The lowest BCUT2D eigenvalue weighted by molar-refractivity contribution is -0.133. The molecule has 0 aliphatic carbocycles. The topological polar surface area (TPSA) is 85.5 Å². The number of thioether (sulfide) groups is 1. The van der Waals surface area contributed by atoms with Gasteiger partial charge in [-0.2, -0.15) is 4.98 Å². The number of carboxylic acids is 1. The Hall–Kier alpha value is -1.08. The van der Waals surface area contributed by atoms with Crippen molar-refractivity contribution in [1.82, 2.24) is 10.1 Å². The smallest absolute Gasteiger partial charge is 0.313 e. The van der Waals surface area contributed by atoms with E-state index in [1.165, 1.54) is 11.8 Å². The zero-order chi connectivity index (χ0) is 12.7. The van der Waals surface area contributed by atoms with Gasteiger partial charge in [-0.05, 0) is 13.3 Å². The maximum absolute atomic E-state index is 10.3. The van der Waals surface area contributed by atoms with Crippen molar-refractivity contribution in [3.63, 3.8) is 0 Å². The molecule has 0 aliphatic rings. The summed E-state index contributed by atoms with van der Waals surface area (Å²) in [6, 6.07) is 0. The molecule has 96 valence electrons. The van der Waals surface area contributed by atoms with Crippen LogP contribution in [0.2, 0.25) is 0 Å². The Morgan fingerprint density at radius 3 is 2.94 bits per heavy atom. The third-order valence-corrected chi connectivity index (χ3v) is 2.86. The second-order valence-corrected chi connectivity index (χ2v) is 4.27. The minimum absolute atomic E-state index is 0.0282. The normalized spacial score (nSPS) is 12.6. The molecule has 0 saturated heterocycles. The summed E-state index contributed by atoms with van der Waals surface area (Å²) >= 11 is 1.22. The van der Waals surface area contributed by atoms with Gasteiger partial charge in [-0.3, -0.25) is 4.79 Å². The van der Waals surface area contributed by atoms with Gasteiger partial charge in [-0.15, -0.1) is 11.8 Å². The molecule has 1 unspecified atom stereocenters. The number of aliphatic carboxylic acids is 1. The third kappa shape index (κ3) is 4.74. The van der Waals surface area contributed by atoms with Crippen molar-refractivity contribution in [2.75, 3.05) is 12.4 Å². The fourth-order valence-corrected chi connectivity index (χ4v) is 1.83. The molecular formula is C10H16N2O4S. The van der Waals surface area contributed by atoms with E-state index in [-0.39, 0.29) is 11.9 Å². The predicted molar refractivity (Wildman–Crippen MR) is 62.8 cm³/mol. The van der Waals surface area contributed by atoms with E-state index in [1.807, 2.05) is 13.8 Å². The predicted octanol–water partition coefficient (Wildman–Crippen LogP) is 1.88. The Labute approximate surface area is 104 Å². The van der Waals surface area contributed by atoms with Crippen molar-refractivity contribution in [2.45, 2.75) is 32.1 Å². The molecular weight excluding hydrogens is 244 g/mol. The summed E-state index contributed by atoms with van der Waals surface area (Å²) in [4.78, 5) is 14.5. The van der Waals surface area contributed by atoms with Crippen LogP contribution in [-0.2, 0) is 15.3 Å². The molecule has 6 nitrogen and oxygen atoms in total. The zero-order valence-corrected chi connectivity index (χ0v) is 10.7. The second kappa shape index (κ2) is 7.29. The van der Waals surface area contributed by atoms with E-state index in [0.29, 0.717) is 24.1 Å². The van der Waals surface area contributed by atoms with Crippen LogP contribution in [0.1, 0.15) is 38.1 Å². The van der Waals surface area contributed by atoms with Crippen LogP contribution in [0.5, 0.6) is 0 Å². The Morgan fingerprint density at radius 2 is 2.35 bits per heavy atom. The van der Waals surface area contributed by atoms with Crippen molar-refractivity contribution < 1.29 is 19.2 Å². The minimum Gasteiger partial charge on any atom is -0.481 e. The monoisotopic (exact) mass is 260 g/mol. The Kier molecular flexibility index (Phi) is 5.99. The molecule has 1 aromatic heterocycles. The van der Waals surface area contributed by atoms with Crippen LogP contribution in [-0.4, -0.2) is 33.6 Å². The molecule has 0 amide bonds. The molecule has 0 radical (unpaired) electrons. The summed E-state index contributed by atoms with van der Waals surface area (Å²) in [5.74, 6) is 0.544. The van der Waals surface area contributed by atoms with Crippen molar-refractivity contribution >= 4 is 17.7 Å². The van der Waals surface area contributed by atoms with Crippen LogP contribution in [0, 0.1) is 0 Å². The molecule has 1 heterocycles. The average Bonchev–Trinajstić information content (AvgIpc) is 2.74. The zero-order valence-electron chi connectivity index (χ0n) is 9.88. The largest absolute Gasteiger partial charge is 0.481 e. The number of carboxylic acid groups (broad SMARTS) is 1. The highest BCUT2D eigenvalue weighted by molar-refractivity contribution is 7.99. The molecule has 17 heavy (non-hydrogen) atoms. The van der Waals surface area contributed by atoms with Gasteiger partial charge in [0.15, 0.2) is 0 Å². The van der Waals surface area contributed by atoms with Crippen LogP contribution < -0.4 is 0 Å². The molecule has 0 aromatic carbocycles. The van der Waals surface area contributed by atoms with E-state index in [9.17, 15) is 4.79 Å². The minimum atomic E-state index is -0.851. The number of nitrogens with zero attached hydrogens (tertiary/aromatic N) is 2. The second-order valence-electron chi connectivity index (χ2n) is 3.29. The molecule has 0 saturated carbocycles. The summed E-state index contributed by atoms with van der Waals surface area (Å²) in [7, 11) is 0. The summed E-state index contributed by atoms with van der Waals surface area (Å²) in [6.07, 6.45) is 0.622. The van der Waals surface area contributed by atoms with Gasteiger partial charge >= 0.3 is 5.97 Å². The molecule has 1 N–H and O–H groups in total. The lowest BCUT2D eigenvalue weighted by Gasteiger charge is -2.09. The van der Waals surface area contributed by atoms with Crippen molar-refractivity contribution in [2.24, 2.45) is 0 Å². The van der Waals surface area contributed by atoms with Crippen molar-refractivity contribution in [3.05, 3.63) is 11.7 Å². The summed E-state index contributed by atoms with van der Waals surface area (Å²) < 4.78 is 10.5. The molecule has 0 fully saturated rings. The molecule has 0 spiro atoms. The summed E-state index contributed by atoms with van der Waals surface area (Å²) in [6.45, 7) is 4.48. The van der Waals surface area contributed by atoms with Crippen molar-refractivity contribution in [3.8, 4) is 0 Å². The van der Waals surface area contributed by atoms with Gasteiger partial charge in [0.05, 0.1) is 11.5 Å². The highest BCUT2D eigenvalue weighted by Crippen LogP contribution is 2.19. The van der Waals surface area contributed by atoms with Crippen LogP contribution in [0.4, 0.5) is 0 Å². The van der Waals surface area contributed by atoms with Gasteiger partial charge in [-0.25, -0.2) is 0 Å². The fraction of sp³-hybridized carbons (Fsp3) is 0.700. The number of hydrogen-bond acceptors (Lipinski definition) is 6. The van der Waals surface area contributed by atoms with Gasteiger partial charge in [0.25, 0.3) is 0 Å². The summed E-state index contributed by atoms with van der Waals surface area (Å²) in [5, 5.41) is 12.3. The Balaban J connectivity index is 2.48. The van der Waals surface area contributed by atoms with Crippen LogP contribution in [0.15, 0.2) is 4.52 Å². The highest BCUT2D eigenvalue weighted by Gasteiger charge is 2.16. The molecule has 0 bridgehead atoms. The first-order valence-electron chi connectivity index (χ1n) is 5.41. The highest BCUT2D eigenvalue weighted by atomic mass is 32.2. The number of aromatic nitrogens is 2. The number of rotatable bonds is 8. The van der Waals surface area contributed by atoms with E-state index in [2.05, 4.69) is 10.1 Å². The Morgan fingerprint density at radius 1 is 1.59 bits per heavy atom. The molecule has 1 aromatic rings. The maximum Gasteiger partial charge on any atom is 0.313 e. The first kappa shape index (κ1) is 14.0. The van der Waals surface area contributed by atoms with E-state index in [1.54, 1.807) is 0 Å². The molecule has 0 aliphatic heterocycles. The number of hydrogen-bond donors (Lipinski definition) is 1. The molecule has 1 atom stereocenters. The average molecular weight is 260 g/mol. The van der Waals surface area contributed by atoms with E-state index in [4.69, 9.17) is 14.4 Å². The number of ether oxygens (including phenoxy) is 1. The van der Waals surface area contributed by atoms with Gasteiger partial charge in [0, 0.05) is 6.61 Å². The van der Waals surface area contributed by atoms with Crippen LogP contribution in [0.25, 0.3) is 0 Å². The van der Waals surface area contributed by atoms with Crippen LogP contribution in [0.3, 0.4) is 0 Å². The lowest BCUT2D eigenvalue weighted by atomic mass is 10.2. The van der Waals surface area contributed by atoms with Crippen LogP contribution >= 0.6 is 11.8 Å². The number of carbonyl (C=O) groups is 1. The van der Waals surface area contributed by atoms with Gasteiger partial charge in [0.2, 0.25) is 11.7 Å². The van der Waals surface area contributed by atoms with Gasteiger partial charge in [-0.1, -0.05) is 12.1 Å². The summed E-state index contributed by atoms with van der Waals surface area (Å²) in [5.41, 5.74) is 0. The standard InChI is InChI=1S/C10H16N2O4S/c1-3-7(15-4-2)10-11-8(16-12-10)5-17-6-9(13)14/h7H,3-6H2,1-2H3,(H,13,14). The first-order valence-corrected chi connectivity index (χ1v) is 6.56. The first-order chi connectivity index (χ1) is 8.17. The maximum atomic E-state index is 10.3. The Bertz CT molecular complexity index is 356. The SMILES string of the molecule is CCOC(CC)c1noc(CSCC(=O)O)n1. The van der Waals surface area contributed by atoms with Gasteiger partial charge < -0.3 is 14.4 Å². The molecule has 1 rings (SSSR count). The van der Waals surface area contributed by atoms with Gasteiger partial charge in [0.1, 0.15) is 6.10 Å². The molecule has 7 heteroatoms. The van der Waals surface area contributed by atoms with E-state index in [0.717, 1.165) is 6.42 Å². The third-order valence-electron chi connectivity index (χ3n) is 1.96. The fourth-order valence-electron chi connectivity index (χ4n) is 1.26.